The molecular weight excluding hydrogens is 264 g/mol. The number of hydrogen-bond donors (Lipinski definition) is 1. The number of carboxylic acid groups (broad SMARTS) is 1. The van der Waals surface area contributed by atoms with Crippen LogP contribution in [0.25, 0.3) is 0 Å². The van der Waals surface area contributed by atoms with Crippen LogP contribution in [0.3, 0.4) is 0 Å². The molecule has 0 radical (unpaired) electrons. The highest BCUT2D eigenvalue weighted by atomic mass is 16.4. The van der Waals surface area contributed by atoms with Crippen molar-refractivity contribution in [2.45, 2.75) is 65.8 Å². The lowest BCUT2D eigenvalue weighted by Crippen LogP contribution is -2.32. The Kier molecular flexibility index (Phi) is 5.43. The van der Waals surface area contributed by atoms with Gasteiger partial charge >= 0.3 is 5.97 Å². The number of nitrogens with zero attached hydrogens (tertiary/aromatic N) is 2. The first kappa shape index (κ1) is 16.1. The molecule has 0 bridgehead atoms. The van der Waals surface area contributed by atoms with Gasteiger partial charge in [-0.05, 0) is 56.9 Å². The van der Waals surface area contributed by atoms with E-state index in [0.29, 0.717) is 5.92 Å². The number of aliphatic carboxylic acids is 1. The minimum Gasteiger partial charge on any atom is -0.481 e. The molecule has 2 rings (SSSR count). The molecule has 1 fully saturated rings. The van der Waals surface area contributed by atoms with Crippen molar-refractivity contribution in [2.75, 3.05) is 0 Å². The summed E-state index contributed by atoms with van der Waals surface area (Å²) in [4.78, 5) is 11.5. The lowest BCUT2D eigenvalue weighted by molar-refractivity contribution is -0.145. The van der Waals surface area contributed by atoms with Crippen LogP contribution in [0.1, 0.15) is 57.8 Å². The molecule has 21 heavy (non-hydrogen) atoms. The fourth-order valence-corrected chi connectivity index (χ4v) is 3.68. The van der Waals surface area contributed by atoms with Gasteiger partial charge in [0.25, 0.3) is 0 Å². The molecule has 1 aromatic rings. The van der Waals surface area contributed by atoms with Crippen LogP contribution >= 0.6 is 0 Å². The molecule has 0 amide bonds. The van der Waals surface area contributed by atoms with Crippen LogP contribution in [-0.4, -0.2) is 20.9 Å². The minimum atomic E-state index is -0.618. The molecule has 4 heteroatoms. The molecule has 0 aromatic carbocycles. The fourth-order valence-electron chi connectivity index (χ4n) is 3.68. The van der Waals surface area contributed by atoms with Gasteiger partial charge in [-0.2, -0.15) is 5.10 Å². The molecular formula is C17H28N2O2. The second kappa shape index (κ2) is 7.10. The summed E-state index contributed by atoms with van der Waals surface area (Å²) in [7, 11) is 0. The first-order valence-corrected chi connectivity index (χ1v) is 8.37. The largest absolute Gasteiger partial charge is 0.481 e. The molecule has 118 valence electrons. The summed E-state index contributed by atoms with van der Waals surface area (Å²) in [5.74, 6) is 0.146. The van der Waals surface area contributed by atoms with Gasteiger partial charge in [-0.3, -0.25) is 9.48 Å². The second-order valence-electron chi connectivity index (χ2n) is 6.29. The summed E-state index contributed by atoms with van der Waals surface area (Å²) in [5.41, 5.74) is 2.32. The number of carbonyl (C=O) groups is 1. The first-order chi connectivity index (χ1) is 10.1. The quantitative estimate of drug-likeness (QED) is 0.872. The van der Waals surface area contributed by atoms with E-state index in [9.17, 15) is 9.90 Å². The van der Waals surface area contributed by atoms with E-state index >= 15 is 0 Å². The highest BCUT2D eigenvalue weighted by Crippen LogP contribution is 2.37. The number of carboxylic acids is 1. The van der Waals surface area contributed by atoms with Crippen molar-refractivity contribution in [3.63, 3.8) is 0 Å². The highest BCUT2D eigenvalue weighted by Gasteiger charge is 2.35. The molecule has 1 N–H and O–H groups in total. The number of aromatic nitrogens is 2. The molecule has 0 aliphatic heterocycles. The third kappa shape index (κ3) is 3.66. The van der Waals surface area contributed by atoms with Gasteiger partial charge in [-0.15, -0.1) is 0 Å². The van der Waals surface area contributed by atoms with Crippen molar-refractivity contribution in [3.05, 3.63) is 17.5 Å². The van der Waals surface area contributed by atoms with E-state index in [2.05, 4.69) is 31.9 Å². The van der Waals surface area contributed by atoms with Gasteiger partial charge in [0.05, 0.1) is 11.6 Å². The molecule has 3 unspecified atom stereocenters. The van der Waals surface area contributed by atoms with E-state index in [1.54, 1.807) is 0 Å². The van der Waals surface area contributed by atoms with Crippen LogP contribution in [0, 0.1) is 17.8 Å². The zero-order valence-electron chi connectivity index (χ0n) is 13.5. The topological polar surface area (TPSA) is 55.1 Å². The molecule has 4 nitrogen and oxygen atoms in total. The lowest BCUT2D eigenvalue weighted by atomic mass is 9.71. The Morgan fingerprint density at radius 3 is 2.71 bits per heavy atom. The number of aryl methyl sites for hydroxylation is 2. The van der Waals surface area contributed by atoms with Crippen LogP contribution < -0.4 is 0 Å². The van der Waals surface area contributed by atoms with Gasteiger partial charge in [0, 0.05) is 12.2 Å². The maximum atomic E-state index is 11.5. The molecule has 1 aliphatic rings. The Morgan fingerprint density at radius 1 is 1.38 bits per heavy atom. The predicted molar refractivity (Wildman–Crippen MR) is 83.2 cm³/mol. The molecule has 1 aromatic heterocycles. The summed E-state index contributed by atoms with van der Waals surface area (Å²) >= 11 is 0. The zero-order chi connectivity index (χ0) is 15.4. The Hall–Kier alpha value is -1.32. The third-order valence-corrected chi connectivity index (χ3v) is 5.03. The number of hydrogen-bond acceptors (Lipinski definition) is 2. The van der Waals surface area contributed by atoms with Gasteiger partial charge in [-0.25, -0.2) is 0 Å². The van der Waals surface area contributed by atoms with E-state index in [0.717, 1.165) is 50.8 Å². The van der Waals surface area contributed by atoms with Gasteiger partial charge in [0.2, 0.25) is 0 Å². The Bertz CT molecular complexity index is 481. The summed E-state index contributed by atoms with van der Waals surface area (Å²) in [6.07, 6.45) is 5.90. The minimum absolute atomic E-state index is 0.182. The van der Waals surface area contributed by atoms with Gasteiger partial charge < -0.3 is 5.11 Å². The standard InChI is InChI=1S/C17H28N2O2/c1-4-12-7-8-16(17(20)21)13(9-12)10-15-11-14(5-2)18-19(15)6-3/h11-13,16H,4-10H2,1-3H3,(H,20,21). The van der Waals surface area contributed by atoms with Gasteiger partial charge in [0.1, 0.15) is 0 Å². The molecule has 1 aliphatic carbocycles. The van der Waals surface area contributed by atoms with Crippen molar-refractivity contribution < 1.29 is 9.90 Å². The molecule has 1 saturated carbocycles. The zero-order valence-corrected chi connectivity index (χ0v) is 13.5. The van der Waals surface area contributed by atoms with Crippen molar-refractivity contribution in [1.29, 1.82) is 0 Å². The molecule has 3 atom stereocenters. The van der Waals surface area contributed by atoms with E-state index in [4.69, 9.17) is 0 Å². The SMILES string of the molecule is CCc1cc(CC2CC(CC)CCC2C(=O)O)n(CC)n1. The second-order valence-corrected chi connectivity index (χ2v) is 6.29. The maximum Gasteiger partial charge on any atom is 0.306 e. The Balaban J connectivity index is 2.17. The van der Waals surface area contributed by atoms with Crippen molar-refractivity contribution in [1.82, 2.24) is 9.78 Å². The van der Waals surface area contributed by atoms with Crippen molar-refractivity contribution in [2.24, 2.45) is 17.8 Å². The van der Waals surface area contributed by atoms with E-state index in [-0.39, 0.29) is 11.8 Å². The summed E-state index contributed by atoms with van der Waals surface area (Å²) in [5, 5.41) is 14.1. The Labute approximate surface area is 127 Å². The maximum absolute atomic E-state index is 11.5. The van der Waals surface area contributed by atoms with Crippen LogP contribution in [0.15, 0.2) is 6.07 Å². The van der Waals surface area contributed by atoms with Crippen LogP contribution in [-0.2, 0) is 24.2 Å². The summed E-state index contributed by atoms with van der Waals surface area (Å²) in [6.45, 7) is 7.28. The normalized spacial score (nSPS) is 26.0. The molecule has 0 spiro atoms. The predicted octanol–water partition coefficient (Wildman–Crippen LogP) is 3.54. The van der Waals surface area contributed by atoms with Crippen LogP contribution in [0.4, 0.5) is 0 Å². The average Bonchev–Trinajstić information content (AvgIpc) is 2.89. The van der Waals surface area contributed by atoms with Crippen LogP contribution in [0.5, 0.6) is 0 Å². The summed E-state index contributed by atoms with van der Waals surface area (Å²) < 4.78 is 2.05. The van der Waals surface area contributed by atoms with Crippen molar-refractivity contribution in [3.8, 4) is 0 Å². The fraction of sp³-hybridized carbons (Fsp3) is 0.765. The van der Waals surface area contributed by atoms with Crippen LogP contribution in [0.2, 0.25) is 0 Å². The smallest absolute Gasteiger partial charge is 0.306 e. The first-order valence-electron chi connectivity index (χ1n) is 8.37. The van der Waals surface area contributed by atoms with E-state index in [1.165, 1.54) is 5.69 Å². The van der Waals surface area contributed by atoms with Gasteiger partial charge in [-0.1, -0.05) is 20.3 Å². The highest BCUT2D eigenvalue weighted by molar-refractivity contribution is 5.70. The molecule has 0 saturated heterocycles. The van der Waals surface area contributed by atoms with E-state index in [1.807, 2.05) is 4.68 Å². The van der Waals surface area contributed by atoms with Gasteiger partial charge in [0.15, 0.2) is 0 Å². The monoisotopic (exact) mass is 292 g/mol. The Morgan fingerprint density at radius 2 is 2.14 bits per heavy atom. The van der Waals surface area contributed by atoms with Crippen molar-refractivity contribution >= 4 is 5.97 Å². The third-order valence-electron chi connectivity index (χ3n) is 5.03. The number of rotatable bonds is 6. The average molecular weight is 292 g/mol. The summed E-state index contributed by atoms with van der Waals surface area (Å²) in [6, 6.07) is 2.16. The molecule has 1 heterocycles. The lowest BCUT2D eigenvalue weighted by Gasteiger charge is -2.33. The van der Waals surface area contributed by atoms with E-state index < -0.39 is 5.97 Å².